The Morgan fingerprint density at radius 3 is 2.64 bits per heavy atom. The summed E-state index contributed by atoms with van der Waals surface area (Å²) in [5.74, 6) is -1.91. The maximum Gasteiger partial charge on any atom is 0.245 e. The molecule has 8 heteroatoms. The van der Waals surface area contributed by atoms with Gasteiger partial charge in [-0.05, 0) is 32.1 Å². The number of aliphatic hydroxyl groups is 1. The lowest BCUT2D eigenvalue weighted by atomic mass is 9.62. The molecule has 2 bridgehead atoms. The summed E-state index contributed by atoms with van der Waals surface area (Å²) < 4.78 is 6.49. The zero-order valence-electron chi connectivity index (χ0n) is 17.3. The maximum absolute atomic E-state index is 13.4. The lowest BCUT2D eigenvalue weighted by Crippen LogP contribution is -2.56. The van der Waals surface area contributed by atoms with Gasteiger partial charge in [0.1, 0.15) is 11.6 Å². The Morgan fingerprint density at radius 1 is 1.32 bits per heavy atom. The Hall–Kier alpha value is -1.67. The molecule has 0 aromatic heterocycles. The summed E-state index contributed by atoms with van der Waals surface area (Å²) in [5, 5.41) is 14.9. The molecular weight excluding hydrogens is 362 g/mol. The first kappa shape index (κ1) is 21.0. The summed E-state index contributed by atoms with van der Waals surface area (Å²) in [5.41, 5.74) is -1.76. The average molecular weight is 396 g/mol. The van der Waals surface area contributed by atoms with E-state index in [-0.39, 0.29) is 36.8 Å². The van der Waals surface area contributed by atoms with Crippen molar-refractivity contribution in [2.45, 2.75) is 63.7 Å². The maximum atomic E-state index is 13.4. The minimum Gasteiger partial charge on any atom is -0.396 e. The van der Waals surface area contributed by atoms with Crippen LogP contribution >= 0.6 is 0 Å². The van der Waals surface area contributed by atoms with Crippen LogP contribution in [0.1, 0.15) is 46.5 Å². The molecule has 3 N–H and O–H groups in total. The SMILES string of the molecule is CCCCNC(=O)C1N(CCCO)C(=O)[C@@H]2[C@H](C(=O)NC)[C@@]3(C)OC12CC3C. The topological polar surface area (TPSA) is 108 Å². The van der Waals surface area contributed by atoms with Crippen LogP contribution < -0.4 is 10.6 Å². The van der Waals surface area contributed by atoms with Gasteiger partial charge in [-0.2, -0.15) is 0 Å². The molecule has 0 aromatic carbocycles. The second kappa shape index (κ2) is 7.63. The van der Waals surface area contributed by atoms with Gasteiger partial charge in [0.25, 0.3) is 0 Å². The van der Waals surface area contributed by atoms with Gasteiger partial charge in [-0.1, -0.05) is 20.3 Å². The summed E-state index contributed by atoms with van der Waals surface area (Å²) in [4.78, 5) is 40.9. The van der Waals surface area contributed by atoms with Gasteiger partial charge in [0.15, 0.2) is 0 Å². The van der Waals surface area contributed by atoms with Crippen LogP contribution in [0.5, 0.6) is 0 Å². The fourth-order valence-corrected chi connectivity index (χ4v) is 5.56. The number of amides is 3. The molecule has 28 heavy (non-hydrogen) atoms. The molecule has 3 saturated heterocycles. The number of unbranched alkanes of at least 4 members (excludes halogenated alkanes) is 1. The van der Waals surface area contributed by atoms with E-state index in [1.807, 2.05) is 20.8 Å². The predicted molar refractivity (Wildman–Crippen MR) is 102 cm³/mol. The van der Waals surface area contributed by atoms with E-state index in [4.69, 9.17) is 4.74 Å². The highest BCUT2D eigenvalue weighted by Crippen LogP contribution is 2.65. The number of likely N-dealkylation sites (tertiary alicyclic amines) is 1. The van der Waals surface area contributed by atoms with Crippen molar-refractivity contribution in [2.24, 2.45) is 17.8 Å². The van der Waals surface area contributed by atoms with E-state index < -0.39 is 29.1 Å². The van der Waals surface area contributed by atoms with Crippen molar-refractivity contribution in [3.05, 3.63) is 0 Å². The number of carbonyl (C=O) groups is 3. The monoisotopic (exact) mass is 395 g/mol. The first-order valence-corrected chi connectivity index (χ1v) is 10.4. The summed E-state index contributed by atoms with van der Waals surface area (Å²) in [6.45, 7) is 6.70. The number of nitrogens with zero attached hydrogens (tertiary/aromatic N) is 1. The quantitative estimate of drug-likeness (QED) is 0.503. The van der Waals surface area contributed by atoms with Gasteiger partial charge < -0.3 is 25.4 Å². The van der Waals surface area contributed by atoms with E-state index in [1.54, 1.807) is 7.05 Å². The number of hydrogen-bond donors (Lipinski definition) is 3. The molecule has 3 rings (SSSR count). The van der Waals surface area contributed by atoms with Crippen LogP contribution in [0.2, 0.25) is 0 Å². The first-order chi connectivity index (χ1) is 13.3. The minimum absolute atomic E-state index is 0.0441. The molecule has 3 aliphatic rings. The van der Waals surface area contributed by atoms with E-state index in [2.05, 4.69) is 10.6 Å². The van der Waals surface area contributed by atoms with Gasteiger partial charge in [-0.3, -0.25) is 14.4 Å². The van der Waals surface area contributed by atoms with Crippen LogP contribution in [0.15, 0.2) is 0 Å². The van der Waals surface area contributed by atoms with Crippen molar-refractivity contribution in [3.8, 4) is 0 Å². The number of rotatable bonds is 8. The zero-order chi connectivity index (χ0) is 20.7. The highest BCUT2D eigenvalue weighted by atomic mass is 16.5. The van der Waals surface area contributed by atoms with Gasteiger partial charge in [0.2, 0.25) is 17.7 Å². The van der Waals surface area contributed by atoms with Gasteiger partial charge >= 0.3 is 0 Å². The predicted octanol–water partition coefficient (Wildman–Crippen LogP) is 0.0418. The second-order valence-electron chi connectivity index (χ2n) is 8.57. The van der Waals surface area contributed by atoms with Crippen LogP contribution in [0.3, 0.4) is 0 Å². The lowest BCUT2D eigenvalue weighted by molar-refractivity contribution is -0.147. The molecule has 3 heterocycles. The Kier molecular flexibility index (Phi) is 5.74. The summed E-state index contributed by atoms with van der Waals surface area (Å²) >= 11 is 0. The zero-order valence-corrected chi connectivity index (χ0v) is 17.3. The van der Waals surface area contributed by atoms with E-state index in [9.17, 15) is 19.5 Å². The van der Waals surface area contributed by atoms with Crippen LogP contribution in [0.4, 0.5) is 0 Å². The summed E-state index contributed by atoms with van der Waals surface area (Å²) in [6.07, 6.45) is 2.76. The van der Waals surface area contributed by atoms with E-state index in [0.29, 0.717) is 19.4 Å². The first-order valence-electron chi connectivity index (χ1n) is 10.4. The smallest absolute Gasteiger partial charge is 0.245 e. The standard InChI is InChI=1S/C20H33N3O5/c1-5-6-8-22-17(26)15-20-11-12(2)19(3,28-20)13(16(25)21-4)14(20)18(27)23(15)9-7-10-24/h12-15,24H,5-11H2,1-4H3,(H,21,25)(H,22,26)/t12?,13-,14+,15?,19+,20?/m1/s1. The fraction of sp³-hybridized carbons (Fsp3) is 0.850. The molecule has 3 unspecified atom stereocenters. The number of hydrogen-bond acceptors (Lipinski definition) is 5. The van der Waals surface area contributed by atoms with Gasteiger partial charge in [0, 0.05) is 26.7 Å². The molecule has 3 aliphatic heterocycles. The van der Waals surface area contributed by atoms with Gasteiger partial charge in [0.05, 0.1) is 17.4 Å². The second-order valence-corrected chi connectivity index (χ2v) is 8.57. The van der Waals surface area contributed by atoms with E-state index >= 15 is 0 Å². The van der Waals surface area contributed by atoms with Crippen molar-refractivity contribution in [2.75, 3.05) is 26.7 Å². The van der Waals surface area contributed by atoms with Crippen molar-refractivity contribution >= 4 is 17.7 Å². The van der Waals surface area contributed by atoms with Crippen LogP contribution in [-0.4, -0.2) is 71.7 Å². The highest BCUT2D eigenvalue weighted by Gasteiger charge is 2.79. The Balaban J connectivity index is 2.01. The van der Waals surface area contributed by atoms with E-state index in [0.717, 1.165) is 12.8 Å². The number of nitrogens with one attached hydrogen (secondary N) is 2. The van der Waals surface area contributed by atoms with E-state index in [1.165, 1.54) is 4.90 Å². The van der Waals surface area contributed by atoms with Crippen molar-refractivity contribution in [3.63, 3.8) is 0 Å². The Bertz CT molecular complexity index is 656. The van der Waals surface area contributed by atoms with Crippen LogP contribution in [-0.2, 0) is 19.1 Å². The van der Waals surface area contributed by atoms with Crippen molar-refractivity contribution in [1.29, 1.82) is 0 Å². The van der Waals surface area contributed by atoms with Gasteiger partial charge in [-0.15, -0.1) is 0 Å². The van der Waals surface area contributed by atoms with Crippen molar-refractivity contribution in [1.82, 2.24) is 15.5 Å². The number of fused-ring (bicyclic) bond motifs is 1. The number of ether oxygens (including phenoxy) is 1. The minimum atomic E-state index is -0.992. The average Bonchev–Trinajstić information content (AvgIpc) is 3.16. The highest BCUT2D eigenvalue weighted by molar-refractivity contribution is 5.99. The molecule has 0 radical (unpaired) electrons. The largest absolute Gasteiger partial charge is 0.396 e. The Labute approximate surface area is 166 Å². The molecule has 3 fully saturated rings. The molecule has 8 nitrogen and oxygen atoms in total. The van der Waals surface area contributed by atoms with Crippen LogP contribution in [0.25, 0.3) is 0 Å². The molecule has 3 amide bonds. The lowest BCUT2D eigenvalue weighted by Gasteiger charge is -2.36. The third kappa shape index (κ3) is 2.84. The number of carbonyl (C=O) groups excluding carboxylic acids is 3. The van der Waals surface area contributed by atoms with Gasteiger partial charge in [-0.25, -0.2) is 0 Å². The van der Waals surface area contributed by atoms with Crippen molar-refractivity contribution < 1.29 is 24.2 Å². The summed E-state index contributed by atoms with van der Waals surface area (Å²) in [6, 6.07) is -0.771. The van der Waals surface area contributed by atoms with Crippen LogP contribution in [0, 0.1) is 17.8 Å². The molecule has 158 valence electrons. The third-order valence-electron chi connectivity index (χ3n) is 6.98. The molecule has 1 spiro atoms. The molecule has 6 atom stereocenters. The summed E-state index contributed by atoms with van der Waals surface area (Å²) in [7, 11) is 1.56. The number of aliphatic hydroxyl groups excluding tert-OH is 1. The molecule has 0 saturated carbocycles. The molecular formula is C20H33N3O5. The third-order valence-corrected chi connectivity index (χ3v) is 6.98. The fourth-order valence-electron chi connectivity index (χ4n) is 5.56. The Morgan fingerprint density at radius 2 is 2.04 bits per heavy atom. The normalized spacial score (nSPS) is 38.6. The molecule has 0 aliphatic carbocycles. The molecule has 0 aromatic rings.